The van der Waals surface area contributed by atoms with E-state index in [1.165, 1.54) is 16.2 Å². The Morgan fingerprint density at radius 3 is 2.56 bits per heavy atom. The van der Waals surface area contributed by atoms with Crippen LogP contribution < -0.4 is 10.6 Å². The van der Waals surface area contributed by atoms with Gasteiger partial charge in [0.05, 0.1) is 5.69 Å². The molecule has 2 aromatic rings. The Hall–Kier alpha value is -3.40. The van der Waals surface area contributed by atoms with Crippen molar-refractivity contribution >= 4 is 40.9 Å². The Morgan fingerprint density at radius 1 is 1.12 bits per heavy atom. The fourth-order valence-corrected chi connectivity index (χ4v) is 4.25. The lowest BCUT2D eigenvalue weighted by Gasteiger charge is -2.23. The fraction of sp³-hybridized carbons (Fsp3) is 0.417. The third kappa shape index (κ3) is 7.05. The maximum absolute atomic E-state index is 13.2. The smallest absolute Gasteiger partial charge is 0.408 e. The molecule has 1 aromatic carbocycles. The fourth-order valence-electron chi connectivity index (χ4n) is 3.44. The number of anilines is 1. The average Bonchev–Trinajstić information content (AvgIpc) is 3.45. The zero-order chi connectivity index (χ0) is 24.7. The van der Waals surface area contributed by atoms with Gasteiger partial charge in [-0.2, -0.15) is 0 Å². The molecule has 2 heterocycles. The highest BCUT2D eigenvalue weighted by atomic mass is 32.1. The molecule has 0 aliphatic carbocycles. The highest BCUT2D eigenvalue weighted by Crippen LogP contribution is 2.28. The summed E-state index contributed by atoms with van der Waals surface area (Å²) in [5, 5.41) is 6.70. The van der Waals surface area contributed by atoms with E-state index in [4.69, 9.17) is 9.47 Å². The number of carbonyl (C=O) groups excluding carboxylic acids is 4. The molecule has 182 valence electrons. The minimum Gasteiger partial charge on any atom is -0.459 e. The molecule has 0 spiro atoms. The number of rotatable bonds is 7. The topological polar surface area (TPSA) is 114 Å². The summed E-state index contributed by atoms with van der Waals surface area (Å²) < 4.78 is 10.5. The summed E-state index contributed by atoms with van der Waals surface area (Å²) in [7, 11) is 0. The van der Waals surface area contributed by atoms with Crippen LogP contribution in [0.1, 0.15) is 48.8 Å². The number of likely N-dealkylation sites (tertiary alicyclic amines) is 1. The van der Waals surface area contributed by atoms with Crippen LogP contribution in [0.15, 0.2) is 41.8 Å². The minimum absolute atomic E-state index is 0.142. The third-order valence-corrected chi connectivity index (χ3v) is 5.84. The van der Waals surface area contributed by atoms with Gasteiger partial charge in [-0.1, -0.05) is 30.3 Å². The van der Waals surface area contributed by atoms with Crippen LogP contribution in [0.5, 0.6) is 0 Å². The summed E-state index contributed by atoms with van der Waals surface area (Å²) in [6.45, 7) is 5.42. The third-order valence-electron chi connectivity index (χ3n) is 4.94. The van der Waals surface area contributed by atoms with Crippen LogP contribution in [0.3, 0.4) is 0 Å². The average molecular weight is 488 g/mol. The lowest BCUT2D eigenvalue weighted by Crippen LogP contribution is -2.41. The zero-order valence-electron chi connectivity index (χ0n) is 19.5. The van der Waals surface area contributed by atoms with Crippen molar-refractivity contribution in [3.8, 4) is 0 Å². The molecular formula is C24H29N3O6S. The first-order valence-corrected chi connectivity index (χ1v) is 11.9. The highest BCUT2D eigenvalue weighted by molar-refractivity contribution is 7.12. The summed E-state index contributed by atoms with van der Waals surface area (Å²) >= 11 is 1.17. The zero-order valence-corrected chi connectivity index (χ0v) is 20.3. The quantitative estimate of drug-likeness (QED) is 0.578. The van der Waals surface area contributed by atoms with Gasteiger partial charge in [-0.05, 0) is 50.6 Å². The number of hydrogen-bond acceptors (Lipinski definition) is 7. The van der Waals surface area contributed by atoms with Gasteiger partial charge in [-0.3, -0.25) is 9.59 Å². The largest absolute Gasteiger partial charge is 0.459 e. The van der Waals surface area contributed by atoms with Crippen molar-refractivity contribution in [2.45, 2.75) is 51.9 Å². The second-order valence-corrected chi connectivity index (χ2v) is 9.73. The van der Waals surface area contributed by atoms with Crippen LogP contribution in [0.25, 0.3) is 0 Å². The summed E-state index contributed by atoms with van der Waals surface area (Å²) in [6.07, 6.45) is 0.494. The van der Waals surface area contributed by atoms with Crippen LogP contribution in [-0.2, 0) is 25.7 Å². The minimum atomic E-state index is -0.710. The van der Waals surface area contributed by atoms with Gasteiger partial charge in [0.2, 0.25) is 5.91 Å². The number of amides is 3. The lowest BCUT2D eigenvalue weighted by atomic mass is 10.2. The molecule has 1 aliphatic heterocycles. The molecule has 0 unspecified atom stereocenters. The molecule has 0 saturated carbocycles. The van der Waals surface area contributed by atoms with E-state index in [1.54, 1.807) is 32.2 Å². The van der Waals surface area contributed by atoms with Gasteiger partial charge in [0, 0.05) is 6.54 Å². The predicted octanol–water partition coefficient (Wildman–Crippen LogP) is 3.56. The van der Waals surface area contributed by atoms with E-state index in [0.717, 1.165) is 5.56 Å². The molecule has 3 rings (SSSR count). The molecule has 1 atom stereocenters. The van der Waals surface area contributed by atoms with Gasteiger partial charge in [-0.15, -0.1) is 11.3 Å². The van der Waals surface area contributed by atoms with Crippen LogP contribution in [0.2, 0.25) is 0 Å². The van der Waals surface area contributed by atoms with Crippen molar-refractivity contribution in [3.05, 3.63) is 52.2 Å². The number of esters is 1. The van der Waals surface area contributed by atoms with E-state index in [1.807, 2.05) is 30.3 Å². The molecule has 1 fully saturated rings. The second-order valence-electron chi connectivity index (χ2n) is 8.82. The molecule has 2 N–H and O–H groups in total. The van der Waals surface area contributed by atoms with Gasteiger partial charge in [0.25, 0.3) is 5.91 Å². The molecule has 0 bridgehead atoms. The van der Waals surface area contributed by atoms with Crippen molar-refractivity contribution in [3.63, 3.8) is 0 Å². The van der Waals surface area contributed by atoms with E-state index >= 15 is 0 Å². The van der Waals surface area contributed by atoms with Crippen LogP contribution >= 0.6 is 11.3 Å². The van der Waals surface area contributed by atoms with Crippen LogP contribution in [0, 0.1) is 0 Å². The first-order chi connectivity index (χ1) is 16.1. The maximum atomic E-state index is 13.2. The first kappa shape index (κ1) is 25.2. The van der Waals surface area contributed by atoms with E-state index in [0.29, 0.717) is 30.0 Å². The number of benzene rings is 1. The van der Waals surface area contributed by atoms with Crippen LogP contribution in [0.4, 0.5) is 10.5 Å². The number of carbonyl (C=O) groups is 4. The van der Waals surface area contributed by atoms with Gasteiger partial charge in [0.1, 0.15) is 29.7 Å². The van der Waals surface area contributed by atoms with Crippen molar-refractivity contribution in [2.24, 2.45) is 0 Å². The van der Waals surface area contributed by atoms with Crippen molar-refractivity contribution in [1.82, 2.24) is 10.2 Å². The summed E-state index contributed by atoms with van der Waals surface area (Å²) in [5.74, 6) is -1.29. The van der Waals surface area contributed by atoms with Gasteiger partial charge >= 0.3 is 12.1 Å². The summed E-state index contributed by atoms with van der Waals surface area (Å²) in [4.78, 5) is 51.7. The Labute approximate surface area is 202 Å². The molecule has 10 heteroatoms. The number of hydrogen-bond donors (Lipinski definition) is 2. The van der Waals surface area contributed by atoms with Crippen molar-refractivity contribution in [1.29, 1.82) is 0 Å². The molecular weight excluding hydrogens is 458 g/mol. The Morgan fingerprint density at radius 2 is 1.85 bits per heavy atom. The lowest BCUT2D eigenvalue weighted by molar-refractivity contribution is -0.149. The molecule has 3 amide bonds. The van der Waals surface area contributed by atoms with E-state index in [2.05, 4.69) is 10.6 Å². The van der Waals surface area contributed by atoms with Gasteiger partial charge in [0.15, 0.2) is 0 Å². The molecule has 34 heavy (non-hydrogen) atoms. The van der Waals surface area contributed by atoms with Crippen molar-refractivity contribution in [2.75, 3.05) is 18.4 Å². The number of ether oxygens (including phenoxy) is 2. The standard InChI is InChI=1S/C24H29N3O6S/c1-24(2,3)33-23(31)25-14-19(28)26-17-11-13-34-20(17)21(29)27-12-7-10-18(27)22(30)32-15-16-8-5-4-6-9-16/h4-6,8-9,11,13,18H,7,10,12,14-15H2,1-3H3,(H,25,31)(H,26,28)/t18-/m0/s1. The molecule has 0 radical (unpaired) electrons. The number of nitrogens with one attached hydrogen (secondary N) is 2. The van der Waals surface area contributed by atoms with Gasteiger partial charge < -0.3 is 25.0 Å². The normalized spacial score (nSPS) is 15.5. The van der Waals surface area contributed by atoms with E-state index < -0.39 is 29.6 Å². The Kier molecular flexibility index (Phi) is 8.27. The second kappa shape index (κ2) is 11.1. The number of nitrogens with zero attached hydrogens (tertiary/aromatic N) is 1. The van der Waals surface area contributed by atoms with Gasteiger partial charge in [-0.25, -0.2) is 9.59 Å². The summed E-state index contributed by atoms with van der Waals surface area (Å²) in [5.41, 5.74) is 0.520. The Balaban J connectivity index is 1.57. The SMILES string of the molecule is CC(C)(C)OC(=O)NCC(=O)Nc1ccsc1C(=O)N1CCC[C@H]1C(=O)OCc1ccccc1. The van der Waals surface area contributed by atoms with Crippen LogP contribution in [-0.4, -0.2) is 53.5 Å². The van der Waals surface area contributed by atoms with E-state index in [-0.39, 0.29) is 19.1 Å². The number of thiophene rings is 1. The summed E-state index contributed by atoms with van der Waals surface area (Å²) in [6, 6.07) is 10.3. The highest BCUT2D eigenvalue weighted by Gasteiger charge is 2.37. The predicted molar refractivity (Wildman–Crippen MR) is 127 cm³/mol. The molecule has 1 aliphatic rings. The Bertz CT molecular complexity index is 1030. The maximum Gasteiger partial charge on any atom is 0.408 e. The molecule has 1 saturated heterocycles. The van der Waals surface area contributed by atoms with E-state index in [9.17, 15) is 19.2 Å². The number of alkyl carbamates (subject to hydrolysis) is 1. The monoisotopic (exact) mass is 487 g/mol. The molecule has 9 nitrogen and oxygen atoms in total. The first-order valence-electron chi connectivity index (χ1n) is 11.0. The molecule has 1 aromatic heterocycles. The van der Waals surface area contributed by atoms with Crippen molar-refractivity contribution < 1.29 is 28.7 Å².